The van der Waals surface area contributed by atoms with Gasteiger partial charge in [0, 0.05) is 24.4 Å². The fourth-order valence-corrected chi connectivity index (χ4v) is 3.04. The quantitative estimate of drug-likeness (QED) is 0.641. The Morgan fingerprint density at radius 2 is 2.05 bits per heavy atom. The second-order valence-corrected chi connectivity index (χ2v) is 6.24. The molecule has 1 aliphatic rings. The first kappa shape index (κ1) is 15.8. The first-order valence-corrected chi connectivity index (χ1v) is 7.64. The van der Waals surface area contributed by atoms with Gasteiger partial charge in [-0.2, -0.15) is 0 Å². The average molecular weight is 292 g/mol. The van der Waals surface area contributed by atoms with E-state index >= 15 is 0 Å². The minimum absolute atomic E-state index is 0.0826. The standard InChI is InChI=1S/C16H24N2O3/c1-3-13-4-6-16(19,7-5-13)11-17-14-8-12(2)9-15(10-14)18(20)21/h8-10,13,17,19H,3-7,11H2,1-2H3. The number of nitro benzene ring substituents is 1. The minimum Gasteiger partial charge on any atom is -0.388 e. The Labute approximate surface area is 125 Å². The average Bonchev–Trinajstić information content (AvgIpc) is 2.45. The number of aryl methyl sites for hydroxylation is 1. The van der Waals surface area contributed by atoms with Crippen molar-refractivity contribution in [2.75, 3.05) is 11.9 Å². The van der Waals surface area contributed by atoms with Crippen molar-refractivity contribution in [3.63, 3.8) is 0 Å². The Morgan fingerprint density at radius 3 is 2.62 bits per heavy atom. The van der Waals surface area contributed by atoms with Crippen molar-refractivity contribution < 1.29 is 10.0 Å². The maximum absolute atomic E-state index is 10.9. The topological polar surface area (TPSA) is 75.4 Å². The Bertz CT molecular complexity index is 508. The van der Waals surface area contributed by atoms with Gasteiger partial charge in [-0.25, -0.2) is 0 Å². The molecular formula is C16H24N2O3. The Balaban J connectivity index is 1.98. The zero-order chi connectivity index (χ0) is 15.5. The van der Waals surface area contributed by atoms with Crippen LogP contribution in [0.1, 0.15) is 44.6 Å². The third kappa shape index (κ3) is 4.17. The molecule has 0 aliphatic heterocycles. The Kier molecular flexibility index (Phi) is 4.83. The van der Waals surface area contributed by atoms with Crippen molar-refractivity contribution in [2.24, 2.45) is 5.92 Å². The van der Waals surface area contributed by atoms with E-state index in [0.717, 1.165) is 37.2 Å². The van der Waals surface area contributed by atoms with Crippen LogP contribution in [-0.2, 0) is 0 Å². The van der Waals surface area contributed by atoms with Crippen LogP contribution in [0.2, 0.25) is 0 Å². The molecule has 1 saturated carbocycles. The van der Waals surface area contributed by atoms with Crippen molar-refractivity contribution >= 4 is 11.4 Å². The number of nitro groups is 1. The smallest absolute Gasteiger partial charge is 0.271 e. The second-order valence-electron chi connectivity index (χ2n) is 6.24. The third-order valence-electron chi connectivity index (χ3n) is 4.51. The fraction of sp³-hybridized carbons (Fsp3) is 0.625. The van der Waals surface area contributed by atoms with Crippen molar-refractivity contribution in [2.45, 2.75) is 51.6 Å². The zero-order valence-corrected chi connectivity index (χ0v) is 12.8. The summed E-state index contributed by atoms with van der Waals surface area (Å²) in [6.07, 6.45) is 4.89. The number of anilines is 1. The third-order valence-corrected chi connectivity index (χ3v) is 4.51. The predicted octanol–water partition coefficient (Wildman–Crippen LogP) is 3.65. The molecule has 2 rings (SSSR count). The molecule has 0 radical (unpaired) electrons. The fourth-order valence-electron chi connectivity index (χ4n) is 3.04. The van der Waals surface area contributed by atoms with Crippen molar-refractivity contribution in [1.82, 2.24) is 0 Å². The van der Waals surface area contributed by atoms with Gasteiger partial charge in [0.1, 0.15) is 0 Å². The molecule has 1 aliphatic carbocycles. The van der Waals surface area contributed by atoms with E-state index in [2.05, 4.69) is 12.2 Å². The van der Waals surface area contributed by atoms with Crippen LogP contribution in [0.25, 0.3) is 0 Å². The molecule has 0 unspecified atom stereocenters. The maximum Gasteiger partial charge on any atom is 0.271 e. The first-order chi connectivity index (χ1) is 9.92. The number of nitrogens with one attached hydrogen (secondary N) is 1. The highest BCUT2D eigenvalue weighted by atomic mass is 16.6. The van der Waals surface area contributed by atoms with Crippen LogP contribution in [0.5, 0.6) is 0 Å². The van der Waals surface area contributed by atoms with Gasteiger partial charge in [0.15, 0.2) is 0 Å². The molecule has 0 heterocycles. The van der Waals surface area contributed by atoms with Gasteiger partial charge >= 0.3 is 0 Å². The van der Waals surface area contributed by atoms with Gasteiger partial charge in [0.25, 0.3) is 5.69 Å². The molecule has 1 fully saturated rings. The van der Waals surface area contributed by atoms with E-state index in [1.165, 1.54) is 12.5 Å². The molecule has 0 spiro atoms. The summed E-state index contributed by atoms with van der Waals surface area (Å²) < 4.78 is 0. The summed E-state index contributed by atoms with van der Waals surface area (Å²) >= 11 is 0. The molecule has 0 saturated heterocycles. The molecule has 0 bridgehead atoms. The van der Waals surface area contributed by atoms with Gasteiger partial charge in [-0.15, -0.1) is 0 Å². The summed E-state index contributed by atoms with van der Waals surface area (Å²) in [6, 6.07) is 4.94. The van der Waals surface area contributed by atoms with Gasteiger partial charge in [0.2, 0.25) is 0 Å². The number of non-ortho nitro benzene ring substituents is 1. The summed E-state index contributed by atoms with van der Waals surface area (Å²) in [5, 5.41) is 24.6. The lowest BCUT2D eigenvalue weighted by molar-refractivity contribution is -0.384. The summed E-state index contributed by atoms with van der Waals surface area (Å²) in [6.45, 7) is 4.47. The van der Waals surface area contributed by atoms with E-state index in [-0.39, 0.29) is 10.6 Å². The Hall–Kier alpha value is -1.62. The summed E-state index contributed by atoms with van der Waals surface area (Å²) in [5.74, 6) is 0.727. The van der Waals surface area contributed by atoms with Crippen molar-refractivity contribution in [3.8, 4) is 0 Å². The van der Waals surface area contributed by atoms with E-state index in [1.54, 1.807) is 6.07 Å². The van der Waals surface area contributed by atoms with Crippen LogP contribution in [0.15, 0.2) is 18.2 Å². The summed E-state index contributed by atoms with van der Waals surface area (Å²) in [4.78, 5) is 10.5. The highest BCUT2D eigenvalue weighted by Gasteiger charge is 2.32. The monoisotopic (exact) mass is 292 g/mol. The number of hydrogen-bond donors (Lipinski definition) is 2. The molecule has 0 aromatic heterocycles. The van der Waals surface area contributed by atoms with Crippen molar-refractivity contribution in [1.29, 1.82) is 0 Å². The van der Waals surface area contributed by atoms with E-state index in [4.69, 9.17) is 0 Å². The van der Waals surface area contributed by atoms with Gasteiger partial charge in [-0.3, -0.25) is 10.1 Å². The van der Waals surface area contributed by atoms with Crippen LogP contribution in [0.4, 0.5) is 11.4 Å². The predicted molar refractivity (Wildman–Crippen MR) is 83.5 cm³/mol. The molecule has 1 aromatic rings. The number of benzene rings is 1. The molecule has 2 N–H and O–H groups in total. The van der Waals surface area contributed by atoms with Crippen LogP contribution >= 0.6 is 0 Å². The van der Waals surface area contributed by atoms with Crippen LogP contribution in [0, 0.1) is 23.0 Å². The molecule has 21 heavy (non-hydrogen) atoms. The van der Waals surface area contributed by atoms with Gasteiger partial charge < -0.3 is 10.4 Å². The zero-order valence-electron chi connectivity index (χ0n) is 12.8. The van der Waals surface area contributed by atoms with Gasteiger partial charge in [-0.05, 0) is 50.2 Å². The largest absolute Gasteiger partial charge is 0.388 e. The van der Waals surface area contributed by atoms with E-state index < -0.39 is 5.60 Å². The Morgan fingerprint density at radius 1 is 1.38 bits per heavy atom. The van der Waals surface area contributed by atoms with E-state index in [1.807, 2.05) is 13.0 Å². The molecule has 116 valence electrons. The van der Waals surface area contributed by atoms with Gasteiger partial charge in [-0.1, -0.05) is 13.3 Å². The van der Waals surface area contributed by atoms with Crippen LogP contribution < -0.4 is 5.32 Å². The second kappa shape index (κ2) is 6.43. The molecule has 1 aromatic carbocycles. The lowest BCUT2D eigenvalue weighted by Gasteiger charge is -2.36. The molecule has 5 heteroatoms. The number of rotatable bonds is 5. The number of nitrogens with zero attached hydrogens (tertiary/aromatic N) is 1. The molecule has 0 atom stereocenters. The SMILES string of the molecule is CCC1CCC(O)(CNc2cc(C)cc([N+](=O)[O-])c2)CC1. The lowest BCUT2D eigenvalue weighted by atomic mass is 9.78. The van der Waals surface area contributed by atoms with Gasteiger partial charge in [0.05, 0.1) is 10.5 Å². The molecular weight excluding hydrogens is 268 g/mol. The van der Waals surface area contributed by atoms with E-state index in [9.17, 15) is 15.2 Å². The van der Waals surface area contributed by atoms with Crippen molar-refractivity contribution in [3.05, 3.63) is 33.9 Å². The first-order valence-electron chi connectivity index (χ1n) is 7.64. The van der Waals surface area contributed by atoms with Crippen LogP contribution in [0.3, 0.4) is 0 Å². The minimum atomic E-state index is -0.690. The maximum atomic E-state index is 10.9. The highest BCUT2D eigenvalue weighted by Crippen LogP contribution is 2.34. The number of aliphatic hydroxyl groups is 1. The lowest BCUT2D eigenvalue weighted by Crippen LogP contribution is -2.40. The highest BCUT2D eigenvalue weighted by molar-refractivity contribution is 5.54. The van der Waals surface area contributed by atoms with E-state index in [0.29, 0.717) is 12.2 Å². The molecule has 5 nitrogen and oxygen atoms in total. The molecule has 0 amide bonds. The number of hydrogen-bond acceptors (Lipinski definition) is 4. The summed E-state index contributed by atoms with van der Waals surface area (Å²) in [5.41, 5.74) is 0.935. The summed E-state index contributed by atoms with van der Waals surface area (Å²) in [7, 11) is 0. The van der Waals surface area contributed by atoms with Crippen LogP contribution in [-0.4, -0.2) is 22.2 Å². The normalized spacial score (nSPS) is 25.6.